The molecule has 0 fully saturated rings. The molecular weight excluding hydrogens is 240 g/mol. The number of halogens is 1. The molecule has 0 spiro atoms. The van der Waals surface area contributed by atoms with Crippen molar-refractivity contribution < 1.29 is 0 Å². The maximum Gasteiger partial charge on any atom is 0.0695 e. The summed E-state index contributed by atoms with van der Waals surface area (Å²) in [6.07, 6.45) is 3.57. The van der Waals surface area contributed by atoms with E-state index in [0.717, 1.165) is 16.0 Å². The summed E-state index contributed by atoms with van der Waals surface area (Å²) in [5, 5.41) is 4.62. The Bertz CT molecular complexity index is 578. The Morgan fingerprint density at radius 3 is 2.88 bits per heavy atom. The fourth-order valence-corrected chi connectivity index (χ4v) is 1.62. The third kappa shape index (κ3) is 2.41. The molecule has 16 heavy (non-hydrogen) atoms. The summed E-state index contributed by atoms with van der Waals surface area (Å²) in [6, 6.07) is 5.58. The second-order valence-electron chi connectivity index (χ2n) is 3.29. The molecule has 0 amide bonds. The first kappa shape index (κ1) is 11.1. The van der Waals surface area contributed by atoms with E-state index in [1.165, 1.54) is 0 Å². The quantitative estimate of drug-likeness (QED) is 0.561. The van der Waals surface area contributed by atoms with Crippen LogP contribution >= 0.6 is 24.2 Å². The van der Waals surface area contributed by atoms with Gasteiger partial charge in [0.05, 0.1) is 16.8 Å². The van der Waals surface area contributed by atoms with Crippen LogP contribution in [0.1, 0.15) is 11.1 Å². The lowest BCUT2D eigenvalue weighted by atomic mass is 10.2. The predicted octanol–water partition coefficient (Wildman–Crippen LogP) is 2.76. The molecule has 0 saturated carbocycles. The Hall–Kier alpha value is -1.37. The summed E-state index contributed by atoms with van der Waals surface area (Å²) in [4.78, 5) is 0.736. The monoisotopic (exact) mass is 248 g/mol. The molecule has 0 N–H and O–H groups in total. The minimum absolute atomic E-state index is 0.585. The van der Waals surface area contributed by atoms with Crippen LogP contribution in [0.4, 0.5) is 0 Å². The van der Waals surface area contributed by atoms with Gasteiger partial charge in [0.25, 0.3) is 0 Å². The van der Waals surface area contributed by atoms with Crippen molar-refractivity contribution in [3.8, 4) is 11.8 Å². The first-order valence-electron chi connectivity index (χ1n) is 4.65. The highest BCUT2D eigenvalue weighted by atomic mass is 35.5. The van der Waals surface area contributed by atoms with Crippen molar-refractivity contribution in [1.29, 1.82) is 0 Å². The number of nitrogens with zero attached hydrogens (tertiary/aromatic N) is 2. The van der Waals surface area contributed by atoms with Gasteiger partial charge in [0.15, 0.2) is 0 Å². The molecule has 0 bridgehead atoms. The molecule has 0 radical (unpaired) electrons. The molecule has 0 aliphatic carbocycles. The number of thiol groups is 1. The van der Waals surface area contributed by atoms with Gasteiger partial charge >= 0.3 is 0 Å². The van der Waals surface area contributed by atoms with Crippen LogP contribution in [0.2, 0.25) is 5.02 Å². The van der Waals surface area contributed by atoms with Crippen LogP contribution in [0.3, 0.4) is 0 Å². The minimum atomic E-state index is 0.585. The van der Waals surface area contributed by atoms with Crippen LogP contribution in [0.15, 0.2) is 35.5 Å². The number of rotatable bonds is 0. The summed E-state index contributed by atoms with van der Waals surface area (Å²) >= 11 is 10.3. The van der Waals surface area contributed by atoms with E-state index in [1.54, 1.807) is 10.9 Å². The Morgan fingerprint density at radius 1 is 1.38 bits per heavy atom. The van der Waals surface area contributed by atoms with Gasteiger partial charge in [-0.15, -0.1) is 12.6 Å². The van der Waals surface area contributed by atoms with Gasteiger partial charge in [-0.25, -0.2) is 0 Å². The fourth-order valence-electron chi connectivity index (χ4n) is 1.24. The summed E-state index contributed by atoms with van der Waals surface area (Å²) in [6.45, 7) is 0. The Labute approximate surface area is 105 Å². The van der Waals surface area contributed by atoms with E-state index in [4.69, 9.17) is 11.6 Å². The maximum atomic E-state index is 6.06. The number of aryl methyl sites for hydroxylation is 1. The summed E-state index contributed by atoms with van der Waals surface area (Å²) in [5.41, 5.74) is 1.64. The van der Waals surface area contributed by atoms with Gasteiger partial charge in [0.1, 0.15) is 0 Å². The van der Waals surface area contributed by atoms with Gasteiger partial charge in [0, 0.05) is 23.7 Å². The van der Waals surface area contributed by atoms with Crippen molar-refractivity contribution in [2.24, 2.45) is 7.05 Å². The lowest BCUT2D eigenvalue weighted by Gasteiger charge is -1.97. The van der Waals surface area contributed by atoms with Gasteiger partial charge in [0.2, 0.25) is 0 Å². The highest BCUT2D eigenvalue weighted by Crippen LogP contribution is 2.23. The highest BCUT2D eigenvalue weighted by Gasteiger charge is 1.99. The van der Waals surface area contributed by atoms with Gasteiger partial charge in [-0.05, 0) is 12.1 Å². The molecule has 0 saturated heterocycles. The van der Waals surface area contributed by atoms with Crippen LogP contribution in [0.5, 0.6) is 0 Å². The van der Waals surface area contributed by atoms with Crippen LogP contribution in [-0.4, -0.2) is 9.78 Å². The number of hydrogen-bond donors (Lipinski definition) is 1. The van der Waals surface area contributed by atoms with Crippen molar-refractivity contribution in [3.05, 3.63) is 46.7 Å². The standard InChI is InChI=1S/C12H9ClN2S/c1-15-8-9(7-14-15)5-6-10-3-2-4-11(16)12(10)13/h2-4,7-8,16H,1H3. The van der Waals surface area contributed by atoms with E-state index in [1.807, 2.05) is 31.4 Å². The summed E-state index contributed by atoms with van der Waals surface area (Å²) < 4.78 is 1.71. The zero-order valence-electron chi connectivity index (χ0n) is 8.61. The van der Waals surface area contributed by atoms with Crippen LogP contribution < -0.4 is 0 Å². The van der Waals surface area contributed by atoms with Crippen molar-refractivity contribution in [2.75, 3.05) is 0 Å². The first-order chi connectivity index (χ1) is 7.66. The predicted molar refractivity (Wildman–Crippen MR) is 67.9 cm³/mol. The molecule has 2 aromatic rings. The molecule has 2 nitrogen and oxygen atoms in total. The van der Waals surface area contributed by atoms with E-state index in [-0.39, 0.29) is 0 Å². The molecular formula is C12H9ClN2S. The van der Waals surface area contributed by atoms with Crippen LogP contribution in [0.25, 0.3) is 0 Å². The average molecular weight is 249 g/mol. The van der Waals surface area contributed by atoms with Gasteiger partial charge < -0.3 is 0 Å². The number of hydrogen-bond acceptors (Lipinski definition) is 2. The topological polar surface area (TPSA) is 17.8 Å². The zero-order chi connectivity index (χ0) is 11.5. The third-order valence-corrected chi connectivity index (χ3v) is 2.94. The van der Waals surface area contributed by atoms with Gasteiger partial charge in [-0.2, -0.15) is 5.10 Å². The van der Waals surface area contributed by atoms with Crippen LogP contribution in [0, 0.1) is 11.8 Å². The lowest BCUT2D eigenvalue weighted by Crippen LogP contribution is -1.84. The summed E-state index contributed by atoms with van der Waals surface area (Å²) in [7, 11) is 1.85. The molecule has 0 unspecified atom stereocenters. The number of benzene rings is 1. The Balaban J connectivity index is 2.34. The molecule has 0 atom stereocenters. The smallest absolute Gasteiger partial charge is 0.0695 e. The normalized spacial score (nSPS) is 9.69. The van der Waals surface area contributed by atoms with E-state index < -0.39 is 0 Å². The SMILES string of the molecule is Cn1cc(C#Cc2cccc(S)c2Cl)cn1. The van der Waals surface area contributed by atoms with Crippen molar-refractivity contribution >= 4 is 24.2 Å². The van der Waals surface area contributed by atoms with Crippen LogP contribution in [-0.2, 0) is 7.05 Å². The van der Waals surface area contributed by atoms with E-state index in [9.17, 15) is 0 Å². The Morgan fingerprint density at radius 2 is 2.19 bits per heavy atom. The third-order valence-electron chi connectivity index (χ3n) is 2.02. The molecule has 2 rings (SSSR count). The molecule has 4 heteroatoms. The molecule has 0 aliphatic heterocycles. The maximum absolute atomic E-state index is 6.06. The lowest BCUT2D eigenvalue weighted by molar-refractivity contribution is 0.767. The second kappa shape index (κ2) is 4.65. The summed E-state index contributed by atoms with van der Waals surface area (Å²) in [5.74, 6) is 6.00. The van der Waals surface area contributed by atoms with Crippen molar-refractivity contribution in [3.63, 3.8) is 0 Å². The largest absolute Gasteiger partial charge is 0.275 e. The van der Waals surface area contributed by atoms with Crippen molar-refractivity contribution in [1.82, 2.24) is 9.78 Å². The minimum Gasteiger partial charge on any atom is -0.275 e. The van der Waals surface area contributed by atoms with Gasteiger partial charge in [-0.1, -0.05) is 29.5 Å². The molecule has 1 aromatic heterocycles. The first-order valence-corrected chi connectivity index (χ1v) is 5.47. The average Bonchev–Trinajstić information content (AvgIpc) is 2.67. The second-order valence-corrected chi connectivity index (χ2v) is 4.15. The van der Waals surface area contributed by atoms with Gasteiger partial charge in [-0.3, -0.25) is 4.68 Å². The van der Waals surface area contributed by atoms with Crippen molar-refractivity contribution in [2.45, 2.75) is 4.90 Å². The molecule has 80 valence electrons. The molecule has 0 aliphatic rings. The number of aromatic nitrogens is 2. The molecule has 1 aromatic carbocycles. The zero-order valence-corrected chi connectivity index (χ0v) is 10.3. The Kier molecular flexibility index (Phi) is 3.23. The highest BCUT2D eigenvalue weighted by molar-refractivity contribution is 7.80. The molecule has 1 heterocycles. The fraction of sp³-hybridized carbons (Fsp3) is 0.0833. The van der Waals surface area contributed by atoms with E-state index in [2.05, 4.69) is 29.6 Å². The van der Waals surface area contributed by atoms with E-state index >= 15 is 0 Å². The van der Waals surface area contributed by atoms with E-state index in [0.29, 0.717) is 5.02 Å².